The van der Waals surface area contributed by atoms with E-state index in [1.54, 1.807) is 23.5 Å². The standard InChI is InChI=1S/C18H12FN3OS3/c19-12-5-3-11(4-6-12)17-20-13(9-25-17)8-16(23)22-18-21-14(10-26-18)15-2-1-7-24-15/h1-7,9-10H,8H2,(H,21,22,23). The Morgan fingerprint density at radius 3 is 2.65 bits per heavy atom. The second kappa shape index (κ2) is 7.45. The van der Waals surface area contributed by atoms with E-state index >= 15 is 0 Å². The maximum Gasteiger partial charge on any atom is 0.232 e. The molecule has 130 valence electrons. The Bertz CT molecular complexity index is 1020. The van der Waals surface area contributed by atoms with E-state index in [1.165, 1.54) is 34.8 Å². The first-order valence-electron chi connectivity index (χ1n) is 7.67. The molecule has 26 heavy (non-hydrogen) atoms. The lowest BCUT2D eigenvalue weighted by Gasteiger charge is -1.99. The van der Waals surface area contributed by atoms with Gasteiger partial charge in [-0.05, 0) is 35.7 Å². The molecule has 3 heterocycles. The minimum atomic E-state index is -0.282. The van der Waals surface area contributed by atoms with Gasteiger partial charge in [-0.3, -0.25) is 4.79 Å². The number of amides is 1. The molecule has 1 amide bonds. The summed E-state index contributed by atoms with van der Waals surface area (Å²) in [4.78, 5) is 22.2. The first-order chi connectivity index (χ1) is 12.7. The molecule has 8 heteroatoms. The second-order valence-electron chi connectivity index (χ2n) is 5.39. The molecule has 0 atom stereocenters. The molecule has 0 spiro atoms. The van der Waals surface area contributed by atoms with Crippen LogP contribution in [0.15, 0.2) is 52.5 Å². The van der Waals surface area contributed by atoms with Gasteiger partial charge in [-0.1, -0.05) is 6.07 Å². The first kappa shape index (κ1) is 17.0. The topological polar surface area (TPSA) is 54.9 Å². The summed E-state index contributed by atoms with van der Waals surface area (Å²) in [5.41, 5.74) is 2.39. The van der Waals surface area contributed by atoms with Crippen LogP contribution in [0.2, 0.25) is 0 Å². The molecule has 0 aliphatic rings. The van der Waals surface area contributed by atoms with Gasteiger partial charge in [0, 0.05) is 16.3 Å². The van der Waals surface area contributed by atoms with E-state index in [0.717, 1.165) is 21.1 Å². The fourth-order valence-electron chi connectivity index (χ4n) is 2.31. The first-order valence-corrected chi connectivity index (χ1v) is 10.3. The van der Waals surface area contributed by atoms with Gasteiger partial charge in [0.05, 0.1) is 22.7 Å². The molecule has 0 aliphatic heterocycles. The maximum absolute atomic E-state index is 13.0. The van der Waals surface area contributed by atoms with Gasteiger partial charge in [0.1, 0.15) is 10.8 Å². The average molecular weight is 402 g/mol. The van der Waals surface area contributed by atoms with Crippen molar-refractivity contribution >= 4 is 45.0 Å². The molecule has 4 rings (SSSR count). The highest BCUT2D eigenvalue weighted by molar-refractivity contribution is 7.16. The predicted octanol–water partition coefficient (Wildman–Crippen LogP) is 5.32. The third-order valence-electron chi connectivity index (χ3n) is 3.51. The van der Waals surface area contributed by atoms with Crippen molar-refractivity contribution in [3.05, 3.63) is 64.0 Å². The van der Waals surface area contributed by atoms with Crippen LogP contribution in [0.3, 0.4) is 0 Å². The van der Waals surface area contributed by atoms with Crippen molar-refractivity contribution in [3.63, 3.8) is 0 Å². The number of carbonyl (C=O) groups is 1. The summed E-state index contributed by atoms with van der Waals surface area (Å²) < 4.78 is 13.0. The van der Waals surface area contributed by atoms with Crippen LogP contribution in [0.25, 0.3) is 21.1 Å². The zero-order chi connectivity index (χ0) is 17.9. The Labute approximate surface area is 161 Å². The summed E-state index contributed by atoms with van der Waals surface area (Å²) in [6.45, 7) is 0. The van der Waals surface area contributed by atoms with Crippen LogP contribution < -0.4 is 5.32 Å². The minimum Gasteiger partial charge on any atom is -0.302 e. The third-order valence-corrected chi connectivity index (χ3v) is 6.10. The molecule has 0 saturated heterocycles. The Morgan fingerprint density at radius 1 is 1.04 bits per heavy atom. The van der Waals surface area contributed by atoms with E-state index in [1.807, 2.05) is 28.3 Å². The number of thiazole rings is 2. The highest BCUT2D eigenvalue weighted by atomic mass is 32.1. The quantitative estimate of drug-likeness (QED) is 0.493. The van der Waals surface area contributed by atoms with Crippen LogP contribution in [-0.2, 0) is 11.2 Å². The lowest BCUT2D eigenvalue weighted by molar-refractivity contribution is -0.115. The molecule has 1 N–H and O–H groups in total. The van der Waals surface area contributed by atoms with Crippen molar-refractivity contribution in [3.8, 4) is 21.1 Å². The zero-order valence-corrected chi connectivity index (χ0v) is 15.8. The Morgan fingerprint density at radius 2 is 1.88 bits per heavy atom. The smallest absolute Gasteiger partial charge is 0.232 e. The fourth-order valence-corrected chi connectivity index (χ4v) is 4.62. The van der Waals surface area contributed by atoms with Crippen LogP contribution in [0, 0.1) is 5.82 Å². The van der Waals surface area contributed by atoms with Crippen LogP contribution in [0.4, 0.5) is 9.52 Å². The summed E-state index contributed by atoms with van der Waals surface area (Å²) >= 11 is 4.45. The molecule has 4 nitrogen and oxygen atoms in total. The van der Waals surface area contributed by atoms with Gasteiger partial charge in [-0.25, -0.2) is 14.4 Å². The molecule has 3 aromatic heterocycles. The SMILES string of the molecule is O=C(Cc1csc(-c2ccc(F)cc2)n1)Nc1nc(-c2cccs2)cs1. The van der Waals surface area contributed by atoms with Gasteiger partial charge in [0.2, 0.25) is 5.91 Å². The molecule has 0 fully saturated rings. The number of hydrogen-bond donors (Lipinski definition) is 1. The number of hydrogen-bond acceptors (Lipinski definition) is 6. The molecular weight excluding hydrogens is 389 g/mol. The normalized spacial score (nSPS) is 10.8. The molecular formula is C18H12FN3OS3. The van der Waals surface area contributed by atoms with Crippen molar-refractivity contribution in [2.24, 2.45) is 0 Å². The summed E-state index contributed by atoms with van der Waals surface area (Å²) in [6.07, 6.45) is 0.172. The zero-order valence-electron chi connectivity index (χ0n) is 13.3. The van der Waals surface area contributed by atoms with Gasteiger partial charge < -0.3 is 5.32 Å². The van der Waals surface area contributed by atoms with Crippen molar-refractivity contribution in [2.75, 3.05) is 5.32 Å². The van der Waals surface area contributed by atoms with E-state index < -0.39 is 0 Å². The molecule has 0 radical (unpaired) electrons. The highest BCUT2D eigenvalue weighted by Gasteiger charge is 2.12. The number of halogens is 1. The Kier molecular flexibility index (Phi) is 4.87. The number of aromatic nitrogens is 2. The Balaban J connectivity index is 1.40. The number of benzene rings is 1. The van der Waals surface area contributed by atoms with Crippen LogP contribution in [0.5, 0.6) is 0 Å². The number of rotatable bonds is 5. The summed E-state index contributed by atoms with van der Waals surface area (Å²) in [6, 6.07) is 10.1. The number of nitrogens with zero attached hydrogens (tertiary/aromatic N) is 2. The van der Waals surface area contributed by atoms with Crippen molar-refractivity contribution < 1.29 is 9.18 Å². The van der Waals surface area contributed by atoms with E-state index in [-0.39, 0.29) is 18.1 Å². The lowest BCUT2D eigenvalue weighted by atomic mass is 10.2. The summed E-state index contributed by atoms with van der Waals surface area (Å²) in [5.74, 6) is -0.441. The minimum absolute atomic E-state index is 0.159. The van der Waals surface area contributed by atoms with Gasteiger partial charge in [0.25, 0.3) is 0 Å². The van der Waals surface area contributed by atoms with Gasteiger partial charge in [-0.2, -0.15) is 0 Å². The largest absolute Gasteiger partial charge is 0.302 e. The van der Waals surface area contributed by atoms with E-state index in [0.29, 0.717) is 10.8 Å². The van der Waals surface area contributed by atoms with Gasteiger partial charge in [0.15, 0.2) is 5.13 Å². The lowest BCUT2D eigenvalue weighted by Crippen LogP contribution is -2.14. The maximum atomic E-state index is 13.0. The fraction of sp³-hybridized carbons (Fsp3) is 0.0556. The molecule has 1 aromatic carbocycles. The van der Waals surface area contributed by atoms with Crippen molar-refractivity contribution in [1.29, 1.82) is 0 Å². The second-order valence-corrected chi connectivity index (χ2v) is 8.05. The van der Waals surface area contributed by atoms with Crippen LogP contribution in [-0.4, -0.2) is 15.9 Å². The number of thiophene rings is 1. The number of carbonyl (C=O) groups excluding carboxylic acids is 1. The van der Waals surface area contributed by atoms with Crippen molar-refractivity contribution in [1.82, 2.24) is 9.97 Å². The third kappa shape index (κ3) is 3.87. The van der Waals surface area contributed by atoms with E-state index in [9.17, 15) is 9.18 Å². The van der Waals surface area contributed by atoms with Crippen LogP contribution >= 0.6 is 34.0 Å². The summed E-state index contributed by atoms with van der Waals surface area (Å²) in [5, 5.41) is 9.93. The predicted molar refractivity (Wildman–Crippen MR) is 105 cm³/mol. The number of nitrogens with one attached hydrogen (secondary N) is 1. The number of anilines is 1. The highest BCUT2D eigenvalue weighted by Crippen LogP contribution is 2.28. The Hall–Kier alpha value is -2.42. The van der Waals surface area contributed by atoms with Gasteiger partial charge in [-0.15, -0.1) is 34.0 Å². The molecule has 0 unspecified atom stereocenters. The monoisotopic (exact) mass is 401 g/mol. The average Bonchev–Trinajstić information content (AvgIpc) is 3.36. The van der Waals surface area contributed by atoms with E-state index in [2.05, 4.69) is 15.3 Å². The van der Waals surface area contributed by atoms with Crippen LogP contribution in [0.1, 0.15) is 5.69 Å². The summed E-state index contributed by atoms with van der Waals surface area (Å²) in [7, 11) is 0. The van der Waals surface area contributed by atoms with Crippen molar-refractivity contribution in [2.45, 2.75) is 6.42 Å². The molecule has 0 saturated carbocycles. The van der Waals surface area contributed by atoms with Gasteiger partial charge >= 0.3 is 0 Å². The van der Waals surface area contributed by atoms with E-state index in [4.69, 9.17) is 0 Å². The molecule has 0 aliphatic carbocycles. The molecule has 0 bridgehead atoms. The molecule has 4 aromatic rings.